The van der Waals surface area contributed by atoms with Crippen molar-refractivity contribution in [2.24, 2.45) is 7.05 Å². The minimum Gasteiger partial charge on any atom is -0.311 e. The van der Waals surface area contributed by atoms with Gasteiger partial charge in [-0.25, -0.2) is 0 Å². The van der Waals surface area contributed by atoms with Crippen molar-refractivity contribution in [3.8, 4) is 0 Å². The van der Waals surface area contributed by atoms with Crippen LogP contribution >= 0.6 is 0 Å². The van der Waals surface area contributed by atoms with Crippen molar-refractivity contribution < 1.29 is 0 Å². The topological polar surface area (TPSA) is 42.7 Å². The highest BCUT2D eigenvalue weighted by Gasteiger charge is 2.15. The number of likely N-dealkylation sites (N-methyl/N-ethyl adjacent to an activating group) is 1. The van der Waals surface area contributed by atoms with E-state index in [0.717, 1.165) is 17.8 Å². The molecule has 3 aromatic rings. The van der Waals surface area contributed by atoms with Gasteiger partial charge in [0, 0.05) is 25.1 Å². The van der Waals surface area contributed by atoms with E-state index in [0.29, 0.717) is 0 Å². The molecule has 0 saturated heterocycles. The first-order chi connectivity index (χ1) is 9.79. The molecule has 0 spiro atoms. The van der Waals surface area contributed by atoms with Crippen LogP contribution in [-0.2, 0) is 13.5 Å². The molecule has 102 valence electrons. The molecular formula is C16H18N4. The number of para-hydroxylation sites is 1. The number of aryl methyl sites for hydroxylation is 1. The van der Waals surface area contributed by atoms with Crippen molar-refractivity contribution in [1.29, 1.82) is 0 Å². The largest absolute Gasteiger partial charge is 0.311 e. The molecule has 1 aromatic carbocycles. The van der Waals surface area contributed by atoms with Crippen molar-refractivity contribution in [3.05, 3.63) is 60.0 Å². The second kappa shape index (κ2) is 5.43. The van der Waals surface area contributed by atoms with Crippen LogP contribution in [-0.4, -0.2) is 21.8 Å². The SMILES string of the molecule is CNC(Cc1nn(C)c2ccccc12)c1ccccn1. The number of nitrogens with one attached hydrogen (secondary N) is 1. The normalized spacial score (nSPS) is 12.7. The molecule has 20 heavy (non-hydrogen) atoms. The van der Waals surface area contributed by atoms with E-state index in [4.69, 9.17) is 0 Å². The Hall–Kier alpha value is -2.20. The van der Waals surface area contributed by atoms with Crippen molar-refractivity contribution in [2.45, 2.75) is 12.5 Å². The average Bonchev–Trinajstić information content (AvgIpc) is 2.82. The third-order valence-electron chi connectivity index (χ3n) is 3.63. The van der Waals surface area contributed by atoms with Crippen molar-refractivity contribution in [2.75, 3.05) is 7.05 Å². The monoisotopic (exact) mass is 266 g/mol. The van der Waals surface area contributed by atoms with Crippen LogP contribution in [0.5, 0.6) is 0 Å². The van der Waals surface area contributed by atoms with Crippen LogP contribution in [0.15, 0.2) is 48.7 Å². The Balaban J connectivity index is 1.96. The summed E-state index contributed by atoms with van der Waals surface area (Å²) in [6.45, 7) is 0. The first-order valence-corrected chi connectivity index (χ1v) is 6.78. The number of benzene rings is 1. The summed E-state index contributed by atoms with van der Waals surface area (Å²) in [6.07, 6.45) is 2.66. The minimum atomic E-state index is 0.175. The molecule has 0 aliphatic rings. The van der Waals surface area contributed by atoms with Gasteiger partial charge in [-0.3, -0.25) is 9.67 Å². The molecule has 1 N–H and O–H groups in total. The molecule has 0 radical (unpaired) electrons. The standard InChI is InChI=1S/C16H18N4/c1-17-15(13-8-5-6-10-18-13)11-14-12-7-3-4-9-16(12)20(2)19-14/h3-10,15,17H,11H2,1-2H3. The fraction of sp³-hybridized carbons (Fsp3) is 0.250. The Bertz CT molecular complexity index is 703. The Kier molecular flexibility index (Phi) is 3.48. The van der Waals surface area contributed by atoms with Crippen LogP contribution in [0, 0.1) is 0 Å². The van der Waals surface area contributed by atoms with Gasteiger partial charge in [-0.2, -0.15) is 5.10 Å². The summed E-state index contributed by atoms with van der Waals surface area (Å²) in [4.78, 5) is 4.44. The first kappa shape index (κ1) is 12.8. The van der Waals surface area contributed by atoms with Crippen LogP contribution < -0.4 is 5.32 Å². The molecular weight excluding hydrogens is 248 g/mol. The predicted molar refractivity (Wildman–Crippen MR) is 80.5 cm³/mol. The molecule has 4 nitrogen and oxygen atoms in total. The number of fused-ring (bicyclic) bond motifs is 1. The number of nitrogens with zero attached hydrogens (tertiary/aromatic N) is 3. The summed E-state index contributed by atoms with van der Waals surface area (Å²) < 4.78 is 1.94. The number of hydrogen-bond donors (Lipinski definition) is 1. The maximum Gasteiger partial charge on any atom is 0.0722 e. The van der Waals surface area contributed by atoms with Crippen LogP contribution in [0.3, 0.4) is 0 Å². The molecule has 0 amide bonds. The van der Waals surface area contributed by atoms with Crippen molar-refractivity contribution >= 4 is 10.9 Å². The second-order valence-electron chi connectivity index (χ2n) is 4.89. The third kappa shape index (κ3) is 2.30. The summed E-state index contributed by atoms with van der Waals surface area (Å²) in [5.41, 5.74) is 3.32. The van der Waals surface area contributed by atoms with Crippen LogP contribution in [0.4, 0.5) is 0 Å². The van der Waals surface area contributed by atoms with E-state index >= 15 is 0 Å². The van der Waals surface area contributed by atoms with Gasteiger partial charge in [0.1, 0.15) is 0 Å². The predicted octanol–water partition coefficient (Wildman–Crippen LogP) is 2.47. The van der Waals surface area contributed by atoms with Gasteiger partial charge in [-0.1, -0.05) is 24.3 Å². The van der Waals surface area contributed by atoms with Crippen LogP contribution in [0.1, 0.15) is 17.4 Å². The fourth-order valence-electron chi connectivity index (χ4n) is 2.57. The zero-order valence-electron chi connectivity index (χ0n) is 11.7. The lowest BCUT2D eigenvalue weighted by atomic mass is 10.0. The molecule has 0 bridgehead atoms. The van der Waals surface area contributed by atoms with E-state index in [-0.39, 0.29) is 6.04 Å². The summed E-state index contributed by atoms with van der Waals surface area (Å²) in [5, 5.41) is 9.19. The van der Waals surface area contributed by atoms with Gasteiger partial charge in [-0.15, -0.1) is 0 Å². The van der Waals surface area contributed by atoms with E-state index in [9.17, 15) is 0 Å². The summed E-state index contributed by atoms with van der Waals surface area (Å²) in [6, 6.07) is 14.5. The van der Waals surface area contributed by atoms with Crippen molar-refractivity contribution in [3.63, 3.8) is 0 Å². The van der Waals surface area contributed by atoms with E-state index in [1.165, 1.54) is 10.9 Å². The highest BCUT2D eigenvalue weighted by atomic mass is 15.3. The number of aromatic nitrogens is 3. The average molecular weight is 266 g/mol. The molecule has 4 heteroatoms. The van der Waals surface area contributed by atoms with E-state index in [1.54, 1.807) is 0 Å². The molecule has 0 fully saturated rings. The molecule has 2 heterocycles. The molecule has 1 unspecified atom stereocenters. The number of pyridine rings is 1. The first-order valence-electron chi connectivity index (χ1n) is 6.78. The van der Waals surface area contributed by atoms with Gasteiger partial charge in [0.2, 0.25) is 0 Å². The van der Waals surface area contributed by atoms with Gasteiger partial charge in [-0.05, 0) is 25.2 Å². The Labute approximate surface area is 118 Å². The molecule has 0 aliphatic carbocycles. The third-order valence-corrected chi connectivity index (χ3v) is 3.63. The molecule has 0 aliphatic heterocycles. The minimum absolute atomic E-state index is 0.175. The Morgan fingerprint density at radius 3 is 2.70 bits per heavy atom. The van der Waals surface area contributed by atoms with Gasteiger partial charge < -0.3 is 5.32 Å². The summed E-state index contributed by atoms with van der Waals surface area (Å²) in [5.74, 6) is 0. The van der Waals surface area contributed by atoms with Gasteiger partial charge in [0.25, 0.3) is 0 Å². The quantitative estimate of drug-likeness (QED) is 0.789. The highest BCUT2D eigenvalue weighted by molar-refractivity contribution is 5.81. The Morgan fingerprint density at radius 1 is 1.15 bits per heavy atom. The summed E-state index contributed by atoms with van der Waals surface area (Å²) >= 11 is 0. The Morgan fingerprint density at radius 2 is 1.95 bits per heavy atom. The zero-order valence-corrected chi connectivity index (χ0v) is 11.7. The lowest BCUT2D eigenvalue weighted by Gasteiger charge is -2.14. The molecule has 1 atom stereocenters. The molecule has 0 saturated carbocycles. The maximum atomic E-state index is 4.65. The second-order valence-corrected chi connectivity index (χ2v) is 4.89. The van der Waals surface area contributed by atoms with E-state index in [2.05, 4.69) is 33.6 Å². The molecule has 3 rings (SSSR count). The summed E-state index contributed by atoms with van der Waals surface area (Å²) in [7, 11) is 3.95. The number of hydrogen-bond acceptors (Lipinski definition) is 3. The van der Waals surface area contributed by atoms with Gasteiger partial charge in [0.15, 0.2) is 0 Å². The van der Waals surface area contributed by atoms with E-state index in [1.807, 2.05) is 49.2 Å². The van der Waals surface area contributed by atoms with E-state index < -0.39 is 0 Å². The fourth-order valence-corrected chi connectivity index (χ4v) is 2.57. The van der Waals surface area contributed by atoms with Crippen LogP contribution in [0.2, 0.25) is 0 Å². The van der Waals surface area contributed by atoms with Crippen LogP contribution in [0.25, 0.3) is 10.9 Å². The maximum absolute atomic E-state index is 4.65. The van der Waals surface area contributed by atoms with Gasteiger partial charge in [0.05, 0.1) is 22.9 Å². The number of rotatable bonds is 4. The smallest absolute Gasteiger partial charge is 0.0722 e. The lowest BCUT2D eigenvalue weighted by molar-refractivity contribution is 0.565. The lowest BCUT2D eigenvalue weighted by Crippen LogP contribution is -2.20. The highest BCUT2D eigenvalue weighted by Crippen LogP contribution is 2.22. The van der Waals surface area contributed by atoms with Crippen molar-refractivity contribution in [1.82, 2.24) is 20.1 Å². The van der Waals surface area contributed by atoms with Gasteiger partial charge >= 0.3 is 0 Å². The zero-order chi connectivity index (χ0) is 13.9. The molecule has 2 aromatic heterocycles.